The average molecular weight is 230 g/mol. The van der Waals surface area contributed by atoms with Crippen molar-refractivity contribution in [3.8, 4) is 0 Å². The number of carbonyl (C=O) groups excluding carboxylic acids is 2. The molecule has 0 rings (SSSR count). The first kappa shape index (κ1) is 14.4. The zero-order valence-electron chi connectivity index (χ0n) is 10.0. The lowest BCUT2D eigenvalue weighted by Crippen LogP contribution is -2.43. The summed E-state index contributed by atoms with van der Waals surface area (Å²) in [7, 11) is 1.37. The number of nitrogens with one attached hydrogen (secondary N) is 1. The van der Waals surface area contributed by atoms with Crippen molar-refractivity contribution in [2.24, 2.45) is 5.41 Å². The van der Waals surface area contributed by atoms with Crippen molar-refractivity contribution in [3.05, 3.63) is 0 Å². The SMILES string of the molecule is CN(CC(=O)O)C(=O)CNC(=O)C(C)(C)C. The van der Waals surface area contributed by atoms with Gasteiger partial charge in [0.2, 0.25) is 11.8 Å². The summed E-state index contributed by atoms with van der Waals surface area (Å²) in [5.74, 6) is -1.76. The first-order valence-corrected chi connectivity index (χ1v) is 4.88. The number of likely N-dealkylation sites (N-methyl/N-ethyl adjacent to an activating group) is 1. The van der Waals surface area contributed by atoms with Gasteiger partial charge < -0.3 is 15.3 Å². The van der Waals surface area contributed by atoms with Gasteiger partial charge >= 0.3 is 5.97 Å². The zero-order valence-corrected chi connectivity index (χ0v) is 10.0. The highest BCUT2D eigenvalue weighted by molar-refractivity contribution is 5.88. The van der Waals surface area contributed by atoms with Gasteiger partial charge in [-0.2, -0.15) is 0 Å². The Hall–Kier alpha value is -1.59. The van der Waals surface area contributed by atoms with Crippen LogP contribution < -0.4 is 5.32 Å². The Morgan fingerprint density at radius 2 is 1.75 bits per heavy atom. The Morgan fingerprint density at radius 3 is 2.12 bits per heavy atom. The maximum Gasteiger partial charge on any atom is 0.323 e. The molecule has 0 aliphatic rings. The van der Waals surface area contributed by atoms with E-state index in [0.29, 0.717) is 0 Å². The van der Waals surface area contributed by atoms with Crippen molar-refractivity contribution < 1.29 is 19.5 Å². The van der Waals surface area contributed by atoms with Crippen LogP contribution in [0.3, 0.4) is 0 Å². The van der Waals surface area contributed by atoms with Gasteiger partial charge in [0.05, 0.1) is 6.54 Å². The molecule has 6 nitrogen and oxygen atoms in total. The number of carboxylic acid groups (broad SMARTS) is 1. The first-order chi connectivity index (χ1) is 7.14. The van der Waals surface area contributed by atoms with Crippen LogP contribution in [0.1, 0.15) is 20.8 Å². The van der Waals surface area contributed by atoms with E-state index in [1.165, 1.54) is 7.05 Å². The molecule has 0 aliphatic carbocycles. The van der Waals surface area contributed by atoms with E-state index < -0.39 is 17.3 Å². The maximum absolute atomic E-state index is 11.4. The second-order valence-corrected chi connectivity index (χ2v) is 4.58. The van der Waals surface area contributed by atoms with Gasteiger partial charge in [0.1, 0.15) is 6.54 Å². The topological polar surface area (TPSA) is 86.7 Å². The number of carboxylic acids is 1. The zero-order chi connectivity index (χ0) is 12.9. The summed E-state index contributed by atoms with van der Waals surface area (Å²) in [5.41, 5.74) is -0.564. The van der Waals surface area contributed by atoms with Crippen LogP contribution in [0.2, 0.25) is 0 Å². The molecule has 6 heteroatoms. The van der Waals surface area contributed by atoms with E-state index in [0.717, 1.165) is 4.90 Å². The van der Waals surface area contributed by atoms with Crippen LogP contribution in [0.25, 0.3) is 0 Å². The Labute approximate surface area is 94.6 Å². The van der Waals surface area contributed by atoms with E-state index in [4.69, 9.17) is 5.11 Å². The summed E-state index contributed by atoms with van der Waals surface area (Å²) in [4.78, 5) is 34.2. The van der Waals surface area contributed by atoms with E-state index >= 15 is 0 Å². The quantitative estimate of drug-likeness (QED) is 0.693. The molecule has 0 aliphatic heterocycles. The van der Waals surface area contributed by atoms with Crippen molar-refractivity contribution in [3.63, 3.8) is 0 Å². The van der Waals surface area contributed by atoms with E-state index in [1.54, 1.807) is 20.8 Å². The van der Waals surface area contributed by atoms with Crippen LogP contribution in [0.15, 0.2) is 0 Å². The van der Waals surface area contributed by atoms with Gasteiger partial charge in [-0.05, 0) is 0 Å². The van der Waals surface area contributed by atoms with Gasteiger partial charge in [-0.1, -0.05) is 20.8 Å². The molecule has 0 heterocycles. The molecule has 16 heavy (non-hydrogen) atoms. The lowest BCUT2D eigenvalue weighted by molar-refractivity contribution is -0.143. The van der Waals surface area contributed by atoms with Crippen LogP contribution in [-0.4, -0.2) is 47.9 Å². The van der Waals surface area contributed by atoms with Gasteiger partial charge in [0, 0.05) is 12.5 Å². The normalized spacial score (nSPS) is 10.8. The smallest absolute Gasteiger partial charge is 0.323 e. The van der Waals surface area contributed by atoms with Crippen molar-refractivity contribution in [2.75, 3.05) is 20.1 Å². The molecule has 0 radical (unpaired) electrons. The molecule has 0 bridgehead atoms. The van der Waals surface area contributed by atoms with E-state index in [2.05, 4.69) is 5.32 Å². The summed E-state index contributed by atoms with van der Waals surface area (Å²) in [6.07, 6.45) is 0. The Bertz CT molecular complexity index is 294. The van der Waals surface area contributed by atoms with E-state index in [-0.39, 0.29) is 19.0 Å². The Balaban J connectivity index is 4.08. The number of hydrogen-bond acceptors (Lipinski definition) is 3. The molecule has 0 unspecified atom stereocenters. The van der Waals surface area contributed by atoms with Crippen LogP contribution in [0, 0.1) is 5.41 Å². The third-order valence-corrected chi connectivity index (χ3v) is 1.88. The monoisotopic (exact) mass is 230 g/mol. The van der Waals surface area contributed by atoms with Gasteiger partial charge in [0.15, 0.2) is 0 Å². The molecule has 0 aromatic rings. The van der Waals surface area contributed by atoms with E-state index in [9.17, 15) is 14.4 Å². The third kappa shape index (κ3) is 5.33. The summed E-state index contributed by atoms with van der Waals surface area (Å²) in [6, 6.07) is 0. The van der Waals surface area contributed by atoms with Crippen LogP contribution in [0.5, 0.6) is 0 Å². The van der Waals surface area contributed by atoms with Gasteiger partial charge in [-0.15, -0.1) is 0 Å². The fourth-order valence-electron chi connectivity index (χ4n) is 0.847. The number of aliphatic carboxylic acids is 1. The summed E-state index contributed by atoms with van der Waals surface area (Å²) >= 11 is 0. The fourth-order valence-corrected chi connectivity index (χ4v) is 0.847. The Morgan fingerprint density at radius 1 is 1.25 bits per heavy atom. The minimum Gasteiger partial charge on any atom is -0.480 e. The number of carbonyl (C=O) groups is 3. The van der Waals surface area contributed by atoms with E-state index in [1.807, 2.05) is 0 Å². The standard InChI is InChI=1S/C10H18N2O4/c1-10(2,3)9(16)11-5-7(13)12(4)6-8(14)15/h5-6H2,1-4H3,(H,11,16)(H,14,15). The second-order valence-electron chi connectivity index (χ2n) is 4.58. The summed E-state index contributed by atoms with van der Waals surface area (Å²) in [5, 5.41) is 10.9. The number of amides is 2. The molecule has 0 atom stereocenters. The maximum atomic E-state index is 11.4. The molecule has 0 saturated heterocycles. The fraction of sp³-hybridized carbons (Fsp3) is 0.700. The largest absolute Gasteiger partial charge is 0.480 e. The van der Waals surface area contributed by atoms with Crippen molar-refractivity contribution in [1.82, 2.24) is 10.2 Å². The minimum absolute atomic E-state index is 0.181. The molecule has 0 aromatic heterocycles. The van der Waals surface area contributed by atoms with Crippen molar-refractivity contribution in [1.29, 1.82) is 0 Å². The second kappa shape index (κ2) is 5.48. The minimum atomic E-state index is -1.09. The predicted octanol–water partition coefficient (Wildman–Crippen LogP) is -0.308. The summed E-state index contributed by atoms with van der Waals surface area (Å²) in [6.45, 7) is 4.64. The highest BCUT2D eigenvalue weighted by Gasteiger charge is 2.22. The molecule has 0 fully saturated rings. The number of hydrogen-bond donors (Lipinski definition) is 2. The molecule has 92 valence electrons. The number of rotatable bonds is 4. The lowest BCUT2D eigenvalue weighted by Gasteiger charge is -2.19. The molecule has 0 saturated carbocycles. The van der Waals surface area contributed by atoms with Crippen LogP contribution >= 0.6 is 0 Å². The number of nitrogens with zero attached hydrogens (tertiary/aromatic N) is 1. The predicted molar refractivity (Wildman–Crippen MR) is 57.7 cm³/mol. The molecule has 0 aromatic carbocycles. The first-order valence-electron chi connectivity index (χ1n) is 4.88. The third-order valence-electron chi connectivity index (χ3n) is 1.88. The highest BCUT2D eigenvalue weighted by atomic mass is 16.4. The van der Waals surface area contributed by atoms with Crippen molar-refractivity contribution in [2.45, 2.75) is 20.8 Å². The highest BCUT2D eigenvalue weighted by Crippen LogP contribution is 2.11. The average Bonchev–Trinajstić information content (AvgIpc) is 2.10. The van der Waals surface area contributed by atoms with Crippen LogP contribution in [-0.2, 0) is 14.4 Å². The Kier molecular flexibility index (Phi) is 4.94. The van der Waals surface area contributed by atoms with Crippen molar-refractivity contribution >= 4 is 17.8 Å². The molecule has 2 N–H and O–H groups in total. The van der Waals surface area contributed by atoms with Gasteiger partial charge in [-0.25, -0.2) is 0 Å². The van der Waals surface area contributed by atoms with Gasteiger partial charge in [0.25, 0.3) is 0 Å². The molecule has 2 amide bonds. The molecule has 0 spiro atoms. The molecular weight excluding hydrogens is 212 g/mol. The summed E-state index contributed by atoms with van der Waals surface area (Å²) < 4.78 is 0. The lowest BCUT2D eigenvalue weighted by atomic mass is 9.96. The van der Waals surface area contributed by atoms with Crippen LogP contribution in [0.4, 0.5) is 0 Å². The molecular formula is C10H18N2O4. The van der Waals surface area contributed by atoms with Gasteiger partial charge in [-0.3, -0.25) is 14.4 Å².